The van der Waals surface area contributed by atoms with E-state index in [1.807, 2.05) is 0 Å². The van der Waals surface area contributed by atoms with Gasteiger partial charge in [-0.05, 0) is 43.5 Å². The number of hydrogen-bond donors (Lipinski definition) is 1. The van der Waals surface area contributed by atoms with Gasteiger partial charge in [-0.25, -0.2) is 9.59 Å². The van der Waals surface area contributed by atoms with E-state index in [0.29, 0.717) is 23.4 Å². The van der Waals surface area contributed by atoms with Crippen LogP contribution in [0.2, 0.25) is 5.02 Å². The first kappa shape index (κ1) is 17.0. The lowest BCUT2D eigenvalue weighted by atomic mass is 10.1. The van der Waals surface area contributed by atoms with Crippen LogP contribution in [0.1, 0.15) is 25.3 Å². The standard InChI is InChI=1S/C16H17ClO4/c1-11(2)16(20)21-8-4-6-13(15(18)19)9-12-5-3-7-14(17)10-12/h3,5,7,9-10H,1,4,6,8H2,2H3,(H,18,19). The Morgan fingerprint density at radius 2 is 2.14 bits per heavy atom. The molecule has 0 fully saturated rings. The third-order valence-electron chi connectivity index (χ3n) is 2.64. The van der Waals surface area contributed by atoms with Crippen LogP contribution in [0.15, 0.2) is 42.0 Å². The van der Waals surface area contributed by atoms with E-state index in [0.717, 1.165) is 5.56 Å². The van der Waals surface area contributed by atoms with Gasteiger partial charge in [0.25, 0.3) is 0 Å². The minimum absolute atomic E-state index is 0.159. The van der Waals surface area contributed by atoms with Crippen LogP contribution in [0.5, 0.6) is 0 Å². The SMILES string of the molecule is C=C(C)C(=O)OCCCC(=Cc1cccc(Cl)c1)C(=O)O. The van der Waals surface area contributed by atoms with Crippen molar-refractivity contribution in [2.45, 2.75) is 19.8 Å². The minimum atomic E-state index is -0.999. The zero-order valence-electron chi connectivity index (χ0n) is 11.8. The monoisotopic (exact) mass is 308 g/mol. The fraction of sp³-hybridized carbons (Fsp3) is 0.250. The van der Waals surface area contributed by atoms with Gasteiger partial charge in [-0.15, -0.1) is 0 Å². The maximum atomic E-state index is 11.2. The van der Waals surface area contributed by atoms with Crippen LogP contribution in [0.4, 0.5) is 0 Å². The molecule has 0 radical (unpaired) electrons. The molecule has 0 bridgehead atoms. The number of halogens is 1. The van der Waals surface area contributed by atoms with E-state index < -0.39 is 11.9 Å². The summed E-state index contributed by atoms with van der Waals surface area (Å²) < 4.78 is 4.92. The lowest BCUT2D eigenvalue weighted by molar-refractivity contribution is -0.139. The number of carbonyl (C=O) groups is 2. The Bertz CT molecular complexity index is 575. The first-order valence-electron chi connectivity index (χ1n) is 6.42. The lowest BCUT2D eigenvalue weighted by Gasteiger charge is -2.05. The zero-order valence-corrected chi connectivity index (χ0v) is 12.5. The van der Waals surface area contributed by atoms with Gasteiger partial charge in [-0.1, -0.05) is 30.3 Å². The summed E-state index contributed by atoms with van der Waals surface area (Å²) in [6, 6.07) is 6.93. The smallest absolute Gasteiger partial charge is 0.333 e. The van der Waals surface area contributed by atoms with Crippen molar-refractivity contribution < 1.29 is 19.4 Å². The van der Waals surface area contributed by atoms with E-state index in [1.165, 1.54) is 0 Å². The van der Waals surface area contributed by atoms with Gasteiger partial charge in [0.15, 0.2) is 0 Å². The van der Waals surface area contributed by atoms with Crippen molar-refractivity contribution in [1.82, 2.24) is 0 Å². The summed E-state index contributed by atoms with van der Waals surface area (Å²) in [5.41, 5.74) is 1.28. The van der Waals surface area contributed by atoms with Crippen molar-refractivity contribution in [3.63, 3.8) is 0 Å². The van der Waals surface area contributed by atoms with Gasteiger partial charge in [0, 0.05) is 16.2 Å². The molecule has 21 heavy (non-hydrogen) atoms. The molecule has 0 spiro atoms. The van der Waals surface area contributed by atoms with Gasteiger partial charge in [-0.2, -0.15) is 0 Å². The quantitative estimate of drug-likeness (QED) is 0.474. The van der Waals surface area contributed by atoms with Crippen LogP contribution in [0, 0.1) is 0 Å². The lowest BCUT2D eigenvalue weighted by Crippen LogP contribution is -2.08. The van der Waals surface area contributed by atoms with Crippen LogP contribution >= 0.6 is 11.6 Å². The van der Waals surface area contributed by atoms with Gasteiger partial charge >= 0.3 is 11.9 Å². The minimum Gasteiger partial charge on any atom is -0.478 e. The van der Waals surface area contributed by atoms with Crippen LogP contribution < -0.4 is 0 Å². The van der Waals surface area contributed by atoms with Crippen LogP contribution in [-0.2, 0) is 14.3 Å². The van der Waals surface area contributed by atoms with E-state index in [2.05, 4.69) is 6.58 Å². The van der Waals surface area contributed by atoms with Crippen molar-refractivity contribution in [3.8, 4) is 0 Å². The molecule has 112 valence electrons. The predicted octanol–water partition coefficient (Wildman–Crippen LogP) is 3.71. The molecule has 1 aromatic carbocycles. The number of carbonyl (C=O) groups excluding carboxylic acids is 1. The van der Waals surface area contributed by atoms with Crippen molar-refractivity contribution in [1.29, 1.82) is 0 Å². The third-order valence-corrected chi connectivity index (χ3v) is 2.87. The molecule has 0 unspecified atom stereocenters. The van der Waals surface area contributed by atoms with Gasteiger partial charge in [-0.3, -0.25) is 0 Å². The number of hydrogen-bond acceptors (Lipinski definition) is 3. The van der Waals surface area contributed by atoms with Crippen molar-refractivity contribution >= 4 is 29.6 Å². The molecule has 0 heterocycles. The topological polar surface area (TPSA) is 63.6 Å². The second kappa shape index (κ2) is 8.27. The second-order valence-corrected chi connectivity index (χ2v) is 4.99. The van der Waals surface area contributed by atoms with E-state index in [1.54, 1.807) is 37.3 Å². The number of esters is 1. The largest absolute Gasteiger partial charge is 0.478 e. The van der Waals surface area contributed by atoms with Crippen LogP contribution in [-0.4, -0.2) is 23.7 Å². The maximum absolute atomic E-state index is 11.2. The summed E-state index contributed by atoms with van der Waals surface area (Å²) in [6.45, 7) is 5.19. The highest BCUT2D eigenvalue weighted by atomic mass is 35.5. The Hall–Kier alpha value is -2.07. The Morgan fingerprint density at radius 1 is 1.43 bits per heavy atom. The molecule has 5 heteroatoms. The maximum Gasteiger partial charge on any atom is 0.333 e. The second-order valence-electron chi connectivity index (χ2n) is 4.55. The first-order valence-corrected chi connectivity index (χ1v) is 6.80. The molecule has 1 rings (SSSR count). The third kappa shape index (κ3) is 6.27. The van der Waals surface area contributed by atoms with Crippen LogP contribution in [0.3, 0.4) is 0 Å². The molecular formula is C16H17ClO4. The number of aliphatic carboxylic acids is 1. The first-order chi connectivity index (χ1) is 9.90. The molecule has 1 aromatic rings. The molecular weight excluding hydrogens is 292 g/mol. The van der Waals surface area contributed by atoms with Crippen LogP contribution in [0.25, 0.3) is 6.08 Å². The molecule has 4 nitrogen and oxygen atoms in total. The zero-order chi connectivity index (χ0) is 15.8. The number of benzene rings is 1. The fourth-order valence-corrected chi connectivity index (χ4v) is 1.79. The molecule has 0 atom stereocenters. The summed E-state index contributed by atoms with van der Waals surface area (Å²) in [5, 5.41) is 9.72. The highest BCUT2D eigenvalue weighted by Gasteiger charge is 2.09. The van der Waals surface area contributed by atoms with E-state index >= 15 is 0 Å². The summed E-state index contributed by atoms with van der Waals surface area (Å²) in [6.07, 6.45) is 2.29. The predicted molar refractivity (Wildman–Crippen MR) is 82.1 cm³/mol. The molecule has 0 aliphatic heterocycles. The van der Waals surface area contributed by atoms with E-state index in [4.69, 9.17) is 16.3 Å². The van der Waals surface area contributed by atoms with E-state index in [9.17, 15) is 14.7 Å². The average Bonchev–Trinajstić information content (AvgIpc) is 2.41. The van der Waals surface area contributed by atoms with Gasteiger partial charge in [0.2, 0.25) is 0 Å². The summed E-state index contributed by atoms with van der Waals surface area (Å²) in [4.78, 5) is 22.4. The normalized spacial score (nSPS) is 11.0. The Morgan fingerprint density at radius 3 is 2.71 bits per heavy atom. The molecule has 0 saturated carbocycles. The average molecular weight is 309 g/mol. The highest BCUT2D eigenvalue weighted by molar-refractivity contribution is 6.30. The highest BCUT2D eigenvalue weighted by Crippen LogP contribution is 2.16. The molecule has 0 amide bonds. The van der Waals surface area contributed by atoms with Gasteiger partial charge < -0.3 is 9.84 Å². The van der Waals surface area contributed by atoms with Gasteiger partial charge in [0.1, 0.15) is 0 Å². The molecule has 0 saturated heterocycles. The molecule has 0 aliphatic carbocycles. The summed E-state index contributed by atoms with van der Waals surface area (Å²) >= 11 is 5.86. The number of ether oxygens (including phenoxy) is 1. The summed E-state index contributed by atoms with van der Waals surface area (Å²) in [7, 11) is 0. The number of carboxylic acid groups (broad SMARTS) is 1. The Balaban J connectivity index is 2.61. The van der Waals surface area contributed by atoms with Crippen molar-refractivity contribution in [2.24, 2.45) is 0 Å². The van der Waals surface area contributed by atoms with Gasteiger partial charge in [0.05, 0.1) is 6.61 Å². The molecule has 0 aliphatic rings. The van der Waals surface area contributed by atoms with Crippen molar-refractivity contribution in [2.75, 3.05) is 6.61 Å². The number of rotatable bonds is 7. The Kier molecular flexibility index (Phi) is 6.69. The molecule has 0 aromatic heterocycles. The fourth-order valence-electron chi connectivity index (χ4n) is 1.59. The summed E-state index contributed by atoms with van der Waals surface area (Å²) in [5.74, 6) is -1.47. The van der Waals surface area contributed by atoms with Crippen molar-refractivity contribution in [3.05, 3.63) is 52.6 Å². The number of carboxylic acids is 1. The van der Waals surface area contributed by atoms with E-state index in [-0.39, 0.29) is 12.2 Å². The Labute approximate surface area is 128 Å². The molecule has 1 N–H and O–H groups in total.